The SMILES string of the molecule is CC[C@H](NC(=O)OC(C)(C)C)C(=O)N[C@H](CO)Cc1ccc(NC(=O)C(=O)OC(C)(C)C)cc1. The lowest BCUT2D eigenvalue weighted by atomic mass is 10.1. The van der Waals surface area contributed by atoms with Gasteiger partial charge >= 0.3 is 18.0 Å². The Labute approximate surface area is 200 Å². The Bertz CT molecular complexity index is 855. The quantitative estimate of drug-likeness (QED) is 0.331. The first kappa shape index (κ1) is 28.9. The fourth-order valence-electron chi connectivity index (χ4n) is 2.78. The first-order chi connectivity index (χ1) is 15.6. The number of aliphatic hydroxyl groups excluding tert-OH is 1. The van der Waals surface area contributed by atoms with Crippen LogP contribution in [0.25, 0.3) is 0 Å². The van der Waals surface area contributed by atoms with Gasteiger partial charge in [0.1, 0.15) is 17.2 Å². The van der Waals surface area contributed by atoms with E-state index in [2.05, 4.69) is 16.0 Å². The molecule has 4 N–H and O–H groups in total. The molecule has 190 valence electrons. The molecule has 0 saturated carbocycles. The van der Waals surface area contributed by atoms with Gasteiger partial charge in [-0.2, -0.15) is 0 Å². The lowest BCUT2D eigenvalue weighted by Crippen LogP contribution is -2.51. The second kappa shape index (κ2) is 12.4. The number of carbonyl (C=O) groups excluding carboxylic acids is 4. The molecule has 1 aromatic rings. The number of hydrogen-bond donors (Lipinski definition) is 4. The molecule has 0 aliphatic carbocycles. The van der Waals surface area contributed by atoms with Crippen LogP contribution >= 0.6 is 0 Å². The van der Waals surface area contributed by atoms with Crippen molar-refractivity contribution in [2.45, 2.75) is 84.6 Å². The van der Waals surface area contributed by atoms with Crippen molar-refractivity contribution in [3.8, 4) is 0 Å². The highest BCUT2D eigenvalue weighted by Crippen LogP contribution is 2.13. The summed E-state index contributed by atoms with van der Waals surface area (Å²) in [7, 11) is 0. The molecule has 0 radical (unpaired) electrons. The third-order valence-electron chi connectivity index (χ3n) is 4.26. The molecule has 10 nitrogen and oxygen atoms in total. The van der Waals surface area contributed by atoms with Gasteiger partial charge in [0.05, 0.1) is 12.6 Å². The zero-order valence-corrected chi connectivity index (χ0v) is 21.0. The summed E-state index contributed by atoms with van der Waals surface area (Å²) in [5.41, 5.74) is -0.286. The number of ether oxygens (including phenoxy) is 2. The van der Waals surface area contributed by atoms with Gasteiger partial charge in [-0.15, -0.1) is 0 Å². The van der Waals surface area contributed by atoms with Crippen LogP contribution in [-0.2, 0) is 30.3 Å². The normalized spacial score (nSPS) is 13.3. The van der Waals surface area contributed by atoms with E-state index in [0.29, 0.717) is 18.5 Å². The Morgan fingerprint density at radius 1 is 0.912 bits per heavy atom. The summed E-state index contributed by atoms with van der Waals surface area (Å²) >= 11 is 0. The fraction of sp³-hybridized carbons (Fsp3) is 0.583. The van der Waals surface area contributed by atoms with Gasteiger partial charge in [-0.1, -0.05) is 19.1 Å². The minimum absolute atomic E-state index is 0.311. The first-order valence-corrected chi connectivity index (χ1v) is 11.2. The first-order valence-electron chi connectivity index (χ1n) is 11.2. The molecule has 0 aromatic heterocycles. The number of rotatable bonds is 8. The lowest BCUT2D eigenvalue weighted by molar-refractivity contribution is -0.161. The molecule has 34 heavy (non-hydrogen) atoms. The van der Waals surface area contributed by atoms with Crippen LogP contribution in [0.4, 0.5) is 10.5 Å². The Hall–Kier alpha value is -3.14. The van der Waals surface area contributed by atoms with E-state index in [1.807, 2.05) is 0 Å². The van der Waals surface area contributed by atoms with Crippen LogP contribution in [0.2, 0.25) is 0 Å². The number of nitrogens with one attached hydrogen (secondary N) is 3. The molecular formula is C24H37N3O7. The fourth-order valence-corrected chi connectivity index (χ4v) is 2.78. The van der Waals surface area contributed by atoms with Crippen LogP contribution in [-0.4, -0.2) is 58.9 Å². The molecule has 1 rings (SSSR count). The summed E-state index contributed by atoms with van der Waals surface area (Å²) < 4.78 is 10.2. The molecule has 0 unspecified atom stereocenters. The number of esters is 1. The molecule has 3 amide bonds. The van der Waals surface area contributed by atoms with Crippen LogP contribution in [0.1, 0.15) is 60.5 Å². The van der Waals surface area contributed by atoms with Crippen LogP contribution in [0.15, 0.2) is 24.3 Å². The van der Waals surface area contributed by atoms with Gasteiger partial charge < -0.3 is 30.5 Å². The van der Waals surface area contributed by atoms with Crippen molar-refractivity contribution in [3.05, 3.63) is 29.8 Å². The highest BCUT2D eigenvalue weighted by Gasteiger charge is 2.25. The molecule has 0 aliphatic heterocycles. The predicted molar refractivity (Wildman–Crippen MR) is 127 cm³/mol. The predicted octanol–water partition coefficient (Wildman–Crippen LogP) is 2.29. The Morgan fingerprint density at radius 2 is 1.47 bits per heavy atom. The van der Waals surface area contributed by atoms with E-state index in [4.69, 9.17) is 9.47 Å². The average Bonchev–Trinajstić information content (AvgIpc) is 2.70. The minimum atomic E-state index is -0.981. The summed E-state index contributed by atoms with van der Waals surface area (Å²) in [6.07, 6.45) is -0.0419. The van der Waals surface area contributed by atoms with E-state index in [1.54, 1.807) is 72.7 Å². The maximum Gasteiger partial charge on any atom is 0.408 e. The highest BCUT2D eigenvalue weighted by atomic mass is 16.6. The van der Waals surface area contributed by atoms with Crippen molar-refractivity contribution in [3.63, 3.8) is 0 Å². The summed E-state index contributed by atoms with van der Waals surface area (Å²) in [5.74, 6) is -2.30. The van der Waals surface area contributed by atoms with Gasteiger partial charge in [0, 0.05) is 5.69 Å². The molecule has 0 saturated heterocycles. The maximum atomic E-state index is 12.6. The number of anilines is 1. The van der Waals surface area contributed by atoms with E-state index in [1.165, 1.54) is 0 Å². The Morgan fingerprint density at radius 3 is 1.94 bits per heavy atom. The van der Waals surface area contributed by atoms with Crippen LogP contribution in [0, 0.1) is 0 Å². The van der Waals surface area contributed by atoms with Gasteiger partial charge in [0.15, 0.2) is 0 Å². The molecule has 0 spiro atoms. The van der Waals surface area contributed by atoms with Gasteiger partial charge in [0.25, 0.3) is 0 Å². The molecular weight excluding hydrogens is 442 g/mol. The second-order valence-electron chi connectivity index (χ2n) is 9.85. The Kier molecular flexibility index (Phi) is 10.5. The zero-order chi connectivity index (χ0) is 26.1. The van der Waals surface area contributed by atoms with Crippen LogP contribution < -0.4 is 16.0 Å². The van der Waals surface area contributed by atoms with Crippen molar-refractivity contribution < 1.29 is 33.8 Å². The number of benzene rings is 1. The van der Waals surface area contributed by atoms with Gasteiger partial charge in [-0.25, -0.2) is 9.59 Å². The van der Waals surface area contributed by atoms with Gasteiger partial charge in [-0.05, 0) is 72.1 Å². The van der Waals surface area contributed by atoms with E-state index < -0.39 is 47.2 Å². The summed E-state index contributed by atoms with van der Waals surface area (Å²) in [4.78, 5) is 48.3. The molecule has 0 fully saturated rings. The highest BCUT2D eigenvalue weighted by molar-refractivity contribution is 6.37. The summed E-state index contributed by atoms with van der Waals surface area (Å²) in [6.45, 7) is 11.6. The lowest BCUT2D eigenvalue weighted by Gasteiger charge is -2.24. The third kappa shape index (κ3) is 11.1. The van der Waals surface area contributed by atoms with Gasteiger partial charge in [0.2, 0.25) is 5.91 Å². The number of hydrogen-bond acceptors (Lipinski definition) is 7. The standard InChI is InChI=1S/C24H37N3O7/c1-8-18(27-22(32)34-24(5,6)7)19(29)26-17(14-28)13-15-9-11-16(12-10-15)25-20(30)21(31)33-23(2,3)4/h9-12,17-18,28H,8,13-14H2,1-7H3,(H,25,30)(H,26,29)(H,27,32)/t17-,18-/m0/s1. The second-order valence-corrected chi connectivity index (χ2v) is 9.85. The van der Waals surface area contributed by atoms with Crippen molar-refractivity contribution in [2.24, 2.45) is 0 Å². The number of amides is 3. The van der Waals surface area contributed by atoms with Crippen molar-refractivity contribution >= 4 is 29.6 Å². The van der Waals surface area contributed by atoms with Crippen molar-refractivity contribution in [2.75, 3.05) is 11.9 Å². The minimum Gasteiger partial charge on any atom is -0.453 e. The number of carbonyl (C=O) groups is 4. The van der Waals surface area contributed by atoms with E-state index in [0.717, 1.165) is 5.56 Å². The van der Waals surface area contributed by atoms with Gasteiger partial charge in [-0.3, -0.25) is 9.59 Å². The number of alkyl carbamates (subject to hydrolysis) is 1. The molecule has 2 atom stereocenters. The molecule has 1 aromatic carbocycles. The monoisotopic (exact) mass is 479 g/mol. The van der Waals surface area contributed by atoms with E-state index >= 15 is 0 Å². The van der Waals surface area contributed by atoms with E-state index in [-0.39, 0.29) is 6.61 Å². The topological polar surface area (TPSA) is 143 Å². The smallest absolute Gasteiger partial charge is 0.408 e. The maximum absolute atomic E-state index is 12.6. The molecule has 0 heterocycles. The summed E-state index contributed by atoms with van der Waals surface area (Å²) in [5, 5.41) is 17.4. The van der Waals surface area contributed by atoms with E-state index in [9.17, 15) is 24.3 Å². The zero-order valence-electron chi connectivity index (χ0n) is 21.0. The van der Waals surface area contributed by atoms with Crippen molar-refractivity contribution in [1.82, 2.24) is 10.6 Å². The largest absolute Gasteiger partial charge is 0.453 e. The van der Waals surface area contributed by atoms with Crippen LogP contribution in [0.5, 0.6) is 0 Å². The third-order valence-corrected chi connectivity index (χ3v) is 4.26. The average molecular weight is 480 g/mol. The summed E-state index contributed by atoms with van der Waals surface area (Å²) in [6, 6.07) is 5.21. The Balaban J connectivity index is 2.68. The molecule has 10 heteroatoms. The van der Waals surface area contributed by atoms with Crippen LogP contribution in [0.3, 0.4) is 0 Å². The van der Waals surface area contributed by atoms with Crippen molar-refractivity contribution in [1.29, 1.82) is 0 Å². The molecule has 0 aliphatic rings. The number of aliphatic hydroxyl groups is 1. The molecule has 0 bridgehead atoms.